The Morgan fingerprint density at radius 3 is 2.81 bits per heavy atom. The molecule has 0 aliphatic carbocycles. The van der Waals surface area contributed by atoms with Crippen LogP contribution in [0.1, 0.15) is 27.2 Å². The Hall–Kier alpha value is -1.35. The summed E-state index contributed by atoms with van der Waals surface area (Å²) < 4.78 is 5.25. The smallest absolute Gasteiger partial charge is 0.410 e. The standard InChI is InChI=1S/C11H18N2O3/c1-11(2,3)16-10(15)13-5-4-9(7-13)6-12-8-14/h9H,4-7H2,1-3H3. The lowest BCUT2D eigenvalue weighted by Gasteiger charge is -2.24. The van der Waals surface area contributed by atoms with Gasteiger partial charge in [0.15, 0.2) is 0 Å². The second-order valence-electron chi connectivity index (χ2n) is 5.01. The van der Waals surface area contributed by atoms with Gasteiger partial charge in [-0.1, -0.05) is 0 Å². The summed E-state index contributed by atoms with van der Waals surface area (Å²) in [4.78, 5) is 26.8. The number of carbonyl (C=O) groups is 1. The van der Waals surface area contributed by atoms with Gasteiger partial charge in [0.25, 0.3) is 0 Å². The van der Waals surface area contributed by atoms with Crippen LogP contribution in [0.25, 0.3) is 0 Å². The first-order valence-electron chi connectivity index (χ1n) is 5.44. The van der Waals surface area contributed by atoms with Gasteiger partial charge < -0.3 is 9.64 Å². The Morgan fingerprint density at radius 2 is 2.25 bits per heavy atom. The van der Waals surface area contributed by atoms with Crippen molar-refractivity contribution in [2.75, 3.05) is 19.6 Å². The van der Waals surface area contributed by atoms with E-state index in [9.17, 15) is 9.59 Å². The third-order valence-corrected chi connectivity index (χ3v) is 2.35. The summed E-state index contributed by atoms with van der Waals surface area (Å²) in [6.45, 7) is 7.26. The van der Waals surface area contributed by atoms with Crippen molar-refractivity contribution in [2.45, 2.75) is 32.8 Å². The molecule has 0 radical (unpaired) electrons. The molecule has 90 valence electrons. The maximum atomic E-state index is 11.7. The van der Waals surface area contributed by atoms with Crippen LogP contribution in [0.15, 0.2) is 4.99 Å². The maximum absolute atomic E-state index is 11.7. The number of amides is 1. The minimum absolute atomic E-state index is 0.258. The first-order valence-corrected chi connectivity index (χ1v) is 5.44. The van der Waals surface area contributed by atoms with Gasteiger partial charge in [0, 0.05) is 13.1 Å². The summed E-state index contributed by atoms with van der Waals surface area (Å²) in [5, 5.41) is 0. The van der Waals surface area contributed by atoms with Crippen LogP contribution in [-0.2, 0) is 9.53 Å². The Labute approximate surface area is 95.5 Å². The molecule has 1 rings (SSSR count). The fourth-order valence-electron chi connectivity index (χ4n) is 1.64. The van der Waals surface area contributed by atoms with E-state index in [-0.39, 0.29) is 12.0 Å². The molecule has 1 heterocycles. The minimum atomic E-state index is -0.462. The van der Waals surface area contributed by atoms with E-state index < -0.39 is 5.60 Å². The minimum Gasteiger partial charge on any atom is -0.444 e. The number of hydrogen-bond donors (Lipinski definition) is 0. The number of carbonyl (C=O) groups excluding carboxylic acids is 2. The van der Waals surface area contributed by atoms with Gasteiger partial charge in [-0.2, -0.15) is 0 Å². The van der Waals surface area contributed by atoms with Crippen molar-refractivity contribution >= 4 is 12.2 Å². The fourth-order valence-corrected chi connectivity index (χ4v) is 1.64. The summed E-state index contributed by atoms with van der Waals surface area (Å²) in [6, 6.07) is 0. The molecular weight excluding hydrogens is 208 g/mol. The fraction of sp³-hybridized carbons (Fsp3) is 0.818. The molecule has 0 aromatic heterocycles. The molecule has 1 aliphatic heterocycles. The van der Waals surface area contributed by atoms with Crippen molar-refractivity contribution in [1.29, 1.82) is 0 Å². The van der Waals surface area contributed by atoms with Crippen molar-refractivity contribution in [2.24, 2.45) is 10.9 Å². The average Bonchev–Trinajstić information content (AvgIpc) is 2.60. The van der Waals surface area contributed by atoms with Gasteiger partial charge in [0.2, 0.25) is 6.08 Å². The van der Waals surface area contributed by atoms with Crippen molar-refractivity contribution < 1.29 is 14.3 Å². The van der Waals surface area contributed by atoms with Gasteiger partial charge in [0.05, 0.1) is 6.54 Å². The van der Waals surface area contributed by atoms with Gasteiger partial charge in [0.1, 0.15) is 5.60 Å². The average molecular weight is 226 g/mol. The van der Waals surface area contributed by atoms with E-state index in [1.165, 1.54) is 6.08 Å². The second-order valence-corrected chi connectivity index (χ2v) is 5.01. The zero-order valence-electron chi connectivity index (χ0n) is 10.0. The topological polar surface area (TPSA) is 59.0 Å². The van der Waals surface area contributed by atoms with Gasteiger partial charge >= 0.3 is 6.09 Å². The molecule has 0 aromatic rings. The Morgan fingerprint density at radius 1 is 1.56 bits per heavy atom. The number of hydrogen-bond acceptors (Lipinski definition) is 4. The van der Waals surface area contributed by atoms with E-state index in [0.717, 1.165) is 6.42 Å². The number of nitrogens with zero attached hydrogens (tertiary/aromatic N) is 2. The van der Waals surface area contributed by atoms with Crippen LogP contribution >= 0.6 is 0 Å². The predicted molar refractivity (Wildman–Crippen MR) is 58.9 cm³/mol. The van der Waals surface area contributed by atoms with E-state index in [4.69, 9.17) is 4.74 Å². The molecule has 1 fully saturated rings. The number of isocyanates is 1. The van der Waals surface area contributed by atoms with E-state index in [1.807, 2.05) is 20.8 Å². The van der Waals surface area contributed by atoms with Gasteiger partial charge in [-0.15, -0.1) is 0 Å². The zero-order valence-corrected chi connectivity index (χ0v) is 10.0. The third kappa shape index (κ3) is 4.03. The molecule has 0 saturated carbocycles. The molecule has 1 atom stereocenters. The van der Waals surface area contributed by atoms with Crippen LogP contribution in [0.2, 0.25) is 0 Å². The molecule has 0 spiro atoms. The molecule has 0 bridgehead atoms. The summed E-state index contributed by atoms with van der Waals surface area (Å²) in [5.74, 6) is 0.258. The lowest BCUT2D eigenvalue weighted by atomic mass is 10.1. The quantitative estimate of drug-likeness (QED) is 0.530. The predicted octanol–water partition coefficient (Wildman–Crippen LogP) is 1.58. The molecular formula is C11H18N2O3. The molecule has 0 N–H and O–H groups in total. The van der Waals surface area contributed by atoms with Gasteiger partial charge in [-0.25, -0.2) is 14.6 Å². The number of ether oxygens (including phenoxy) is 1. The maximum Gasteiger partial charge on any atom is 0.410 e. The van der Waals surface area contributed by atoms with Crippen molar-refractivity contribution in [3.05, 3.63) is 0 Å². The zero-order chi connectivity index (χ0) is 12.2. The monoisotopic (exact) mass is 226 g/mol. The lowest BCUT2D eigenvalue weighted by Crippen LogP contribution is -2.35. The highest BCUT2D eigenvalue weighted by atomic mass is 16.6. The number of aliphatic imine (C=N–C) groups is 1. The summed E-state index contributed by atoms with van der Waals surface area (Å²) in [6.07, 6.45) is 2.10. The highest BCUT2D eigenvalue weighted by Crippen LogP contribution is 2.19. The Bertz CT molecular complexity index is 303. The van der Waals surface area contributed by atoms with Crippen LogP contribution in [0, 0.1) is 5.92 Å². The van der Waals surface area contributed by atoms with Gasteiger partial charge in [-0.05, 0) is 33.1 Å². The van der Waals surface area contributed by atoms with Crippen molar-refractivity contribution in [3.63, 3.8) is 0 Å². The van der Waals surface area contributed by atoms with Crippen LogP contribution in [0.3, 0.4) is 0 Å². The van der Waals surface area contributed by atoms with Crippen LogP contribution in [0.5, 0.6) is 0 Å². The molecule has 1 amide bonds. The van der Waals surface area contributed by atoms with Crippen molar-refractivity contribution in [1.82, 2.24) is 4.90 Å². The molecule has 5 nitrogen and oxygen atoms in total. The van der Waals surface area contributed by atoms with E-state index in [1.54, 1.807) is 4.90 Å². The highest BCUT2D eigenvalue weighted by molar-refractivity contribution is 5.68. The number of likely N-dealkylation sites (tertiary alicyclic amines) is 1. The van der Waals surface area contributed by atoms with Crippen LogP contribution < -0.4 is 0 Å². The number of rotatable bonds is 2. The van der Waals surface area contributed by atoms with Crippen LogP contribution in [0.4, 0.5) is 4.79 Å². The first kappa shape index (κ1) is 12.7. The van der Waals surface area contributed by atoms with E-state index >= 15 is 0 Å². The molecule has 5 heteroatoms. The van der Waals surface area contributed by atoms with Crippen LogP contribution in [-0.4, -0.2) is 42.3 Å². The molecule has 1 saturated heterocycles. The van der Waals surface area contributed by atoms with E-state index in [2.05, 4.69) is 4.99 Å². The molecule has 0 aromatic carbocycles. The lowest BCUT2D eigenvalue weighted by molar-refractivity contribution is 0.0289. The SMILES string of the molecule is CC(C)(C)OC(=O)N1CCC(CN=C=O)C1. The molecule has 1 aliphatic rings. The summed E-state index contributed by atoms with van der Waals surface area (Å²) in [7, 11) is 0. The van der Waals surface area contributed by atoms with E-state index in [0.29, 0.717) is 19.6 Å². The first-order chi connectivity index (χ1) is 7.42. The Kier molecular flexibility index (Phi) is 4.07. The third-order valence-electron chi connectivity index (χ3n) is 2.35. The molecule has 16 heavy (non-hydrogen) atoms. The largest absolute Gasteiger partial charge is 0.444 e. The summed E-state index contributed by atoms with van der Waals surface area (Å²) >= 11 is 0. The van der Waals surface area contributed by atoms with Crippen molar-refractivity contribution in [3.8, 4) is 0 Å². The normalized spacial score (nSPS) is 20.4. The van der Waals surface area contributed by atoms with Gasteiger partial charge in [-0.3, -0.25) is 0 Å². The second kappa shape index (κ2) is 5.12. The molecule has 1 unspecified atom stereocenters. The Balaban J connectivity index is 2.40. The summed E-state index contributed by atoms with van der Waals surface area (Å²) in [5.41, 5.74) is -0.462. The highest BCUT2D eigenvalue weighted by Gasteiger charge is 2.29.